The molecule has 0 aromatic carbocycles. The Balaban J connectivity index is 1.96. The molecule has 0 amide bonds. The molecule has 0 aliphatic heterocycles. The van der Waals surface area contributed by atoms with Crippen LogP contribution in [0.3, 0.4) is 0 Å². The predicted molar refractivity (Wildman–Crippen MR) is 99.8 cm³/mol. The second-order valence-electron chi connectivity index (χ2n) is 6.02. The van der Waals surface area contributed by atoms with Crippen LogP contribution in [0.15, 0.2) is 43.0 Å². The van der Waals surface area contributed by atoms with Gasteiger partial charge in [-0.1, -0.05) is 19.8 Å². The molecule has 0 spiro atoms. The number of anilines is 1. The molecule has 2 N–H and O–H groups in total. The normalized spacial score (nSPS) is 10.3. The monoisotopic (exact) mass is 345 g/mol. The fourth-order valence-electron chi connectivity index (χ4n) is 2.28. The first-order valence-electron chi connectivity index (χ1n) is 8.22. The van der Waals surface area contributed by atoms with Crippen LogP contribution in [-0.2, 0) is 0 Å². The summed E-state index contributed by atoms with van der Waals surface area (Å²) in [5.41, 5.74) is 8.37. The summed E-state index contributed by atoms with van der Waals surface area (Å²) >= 11 is 0. The van der Waals surface area contributed by atoms with Gasteiger partial charge in [0.05, 0.1) is 6.20 Å². The Morgan fingerprint density at radius 2 is 1.81 bits per heavy atom. The van der Waals surface area contributed by atoms with Crippen molar-refractivity contribution in [1.82, 2.24) is 19.9 Å². The maximum Gasteiger partial charge on any atom is 0.187 e. The summed E-state index contributed by atoms with van der Waals surface area (Å²) in [5, 5.41) is 0. The van der Waals surface area contributed by atoms with Gasteiger partial charge in [-0.3, -0.25) is 4.98 Å². The summed E-state index contributed by atoms with van der Waals surface area (Å²) < 4.78 is 5.98. The lowest BCUT2D eigenvalue weighted by Gasteiger charge is -2.14. The summed E-state index contributed by atoms with van der Waals surface area (Å²) in [6.07, 6.45) is 6.76. The number of aromatic nitrogens is 4. The molecule has 0 fully saturated rings. The van der Waals surface area contributed by atoms with E-state index in [0.717, 1.165) is 11.1 Å². The fraction of sp³-hybridized carbons (Fsp3) is 0.200. The van der Waals surface area contributed by atoms with Crippen molar-refractivity contribution in [3.05, 3.63) is 65.6 Å². The summed E-state index contributed by atoms with van der Waals surface area (Å²) in [6.45, 7) is 5.92. The first-order chi connectivity index (χ1) is 12.5. The minimum Gasteiger partial charge on any atom is -0.451 e. The van der Waals surface area contributed by atoms with Gasteiger partial charge in [-0.15, -0.1) is 0 Å². The van der Waals surface area contributed by atoms with Gasteiger partial charge in [0.2, 0.25) is 0 Å². The maximum absolute atomic E-state index is 5.98. The van der Waals surface area contributed by atoms with Crippen molar-refractivity contribution in [2.45, 2.75) is 26.7 Å². The van der Waals surface area contributed by atoms with E-state index in [0.29, 0.717) is 28.8 Å². The molecular formula is C20H19N5O. The van der Waals surface area contributed by atoms with Gasteiger partial charge >= 0.3 is 0 Å². The molecule has 0 radical (unpaired) electrons. The van der Waals surface area contributed by atoms with Crippen LogP contribution in [0.5, 0.6) is 11.5 Å². The number of hydrogen-bond donors (Lipinski definition) is 1. The number of pyridine rings is 2. The molecule has 0 aliphatic rings. The van der Waals surface area contributed by atoms with Gasteiger partial charge in [0.15, 0.2) is 11.6 Å². The number of rotatable bonds is 3. The van der Waals surface area contributed by atoms with Gasteiger partial charge in [0.1, 0.15) is 17.3 Å². The summed E-state index contributed by atoms with van der Waals surface area (Å²) in [5.74, 6) is 8.29. The highest BCUT2D eigenvalue weighted by atomic mass is 16.5. The quantitative estimate of drug-likeness (QED) is 0.731. The van der Waals surface area contributed by atoms with Gasteiger partial charge < -0.3 is 10.5 Å². The lowest BCUT2D eigenvalue weighted by Crippen LogP contribution is -2.02. The number of nitrogens with zero attached hydrogens (tertiary/aromatic N) is 4. The van der Waals surface area contributed by atoms with Gasteiger partial charge in [-0.25, -0.2) is 15.0 Å². The summed E-state index contributed by atoms with van der Waals surface area (Å²) in [4.78, 5) is 16.7. The van der Waals surface area contributed by atoms with Crippen molar-refractivity contribution in [2.75, 3.05) is 5.73 Å². The third-order valence-electron chi connectivity index (χ3n) is 3.66. The Morgan fingerprint density at radius 1 is 1.04 bits per heavy atom. The van der Waals surface area contributed by atoms with Gasteiger partial charge in [0, 0.05) is 35.8 Å². The van der Waals surface area contributed by atoms with Gasteiger partial charge in [-0.2, -0.15) is 0 Å². The van der Waals surface area contributed by atoms with Crippen LogP contribution in [0.2, 0.25) is 0 Å². The Kier molecular flexibility index (Phi) is 5.09. The third kappa shape index (κ3) is 4.14. The van der Waals surface area contributed by atoms with Crippen LogP contribution >= 0.6 is 0 Å². The Hall–Kier alpha value is -3.46. The second-order valence-corrected chi connectivity index (χ2v) is 6.02. The molecule has 3 aromatic heterocycles. The van der Waals surface area contributed by atoms with E-state index in [1.165, 1.54) is 0 Å². The zero-order chi connectivity index (χ0) is 18.5. The van der Waals surface area contributed by atoms with Crippen LogP contribution in [0.1, 0.15) is 42.4 Å². The van der Waals surface area contributed by atoms with Crippen LogP contribution in [0.25, 0.3) is 0 Å². The minimum atomic E-state index is 0.229. The highest BCUT2D eigenvalue weighted by Crippen LogP contribution is 2.32. The number of aryl methyl sites for hydroxylation is 1. The average molecular weight is 345 g/mol. The topological polar surface area (TPSA) is 86.8 Å². The van der Waals surface area contributed by atoms with Crippen molar-refractivity contribution >= 4 is 5.82 Å². The molecule has 3 aromatic rings. The highest BCUT2D eigenvalue weighted by molar-refractivity contribution is 5.50. The zero-order valence-corrected chi connectivity index (χ0v) is 14.9. The molecule has 130 valence electrons. The van der Waals surface area contributed by atoms with E-state index in [1.807, 2.05) is 18.2 Å². The molecule has 3 heterocycles. The molecule has 0 unspecified atom stereocenters. The summed E-state index contributed by atoms with van der Waals surface area (Å²) in [6, 6.07) is 5.50. The summed E-state index contributed by atoms with van der Waals surface area (Å²) in [7, 11) is 0. The Bertz CT molecular complexity index is 974. The van der Waals surface area contributed by atoms with E-state index in [9.17, 15) is 0 Å². The number of nitrogen functional groups attached to an aromatic ring is 1. The maximum atomic E-state index is 5.98. The second kappa shape index (κ2) is 7.62. The van der Waals surface area contributed by atoms with Crippen LogP contribution < -0.4 is 10.5 Å². The average Bonchev–Trinajstić information content (AvgIpc) is 2.63. The molecular weight excluding hydrogens is 326 g/mol. The van der Waals surface area contributed by atoms with Crippen LogP contribution in [0.4, 0.5) is 5.82 Å². The number of ether oxygens (including phenoxy) is 1. The van der Waals surface area contributed by atoms with E-state index in [-0.39, 0.29) is 5.92 Å². The van der Waals surface area contributed by atoms with E-state index in [2.05, 4.69) is 45.6 Å². The van der Waals surface area contributed by atoms with Crippen LogP contribution in [0, 0.1) is 18.8 Å². The molecule has 3 rings (SSSR count). The van der Waals surface area contributed by atoms with E-state index >= 15 is 0 Å². The van der Waals surface area contributed by atoms with E-state index in [1.54, 1.807) is 31.7 Å². The molecule has 26 heavy (non-hydrogen) atoms. The van der Waals surface area contributed by atoms with Crippen molar-refractivity contribution in [1.29, 1.82) is 0 Å². The molecule has 0 aliphatic carbocycles. The van der Waals surface area contributed by atoms with Gasteiger partial charge in [0.25, 0.3) is 0 Å². The molecule has 0 bridgehead atoms. The zero-order valence-electron chi connectivity index (χ0n) is 14.9. The van der Waals surface area contributed by atoms with Crippen molar-refractivity contribution < 1.29 is 4.74 Å². The Labute approximate surface area is 152 Å². The fourth-order valence-corrected chi connectivity index (χ4v) is 2.28. The Morgan fingerprint density at radius 3 is 2.50 bits per heavy atom. The molecule has 0 saturated heterocycles. The molecule has 6 nitrogen and oxygen atoms in total. The predicted octanol–water partition coefficient (Wildman–Crippen LogP) is 3.47. The van der Waals surface area contributed by atoms with E-state index in [4.69, 9.17) is 10.5 Å². The lowest BCUT2D eigenvalue weighted by atomic mass is 10.0. The smallest absolute Gasteiger partial charge is 0.187 e. The first kappa shape index (κ1) is 17.4. The van der Waals surface area contributed by atoms with Crippen molar-refractivity contribution in [3.8, 4) is 23.3 Å². The van der Waals surface area contributed by atoms with Crippen molar-refractivity contribution in [3.63, 3.8) is 0 Å². The first-order valence-corrected chi connectivity index (χ1v) is 8.22. The number of nitrogens with two attached hydrogens (primary N) is 1. The molecule has 0 saturated carbocycles. The van der Waals surface area contributed by atoms with E-state index < -0.39 is 0 Å². The molecule has 6 heteroatoms. The van der Waals surface area contributed by atoms with Gasteiger partial charge in [-0.05, 0) is 30.9 Å². The SMILES string of the molecule is Cc1ncc(Oc2cc(C#Cc3ccncc3)ncc2C(C)C)c(N)n1. The highest BCUT2D eigenvalue weighted by Gasteiger charge is 2.13. The van der Waals surface area contributed by atoms with Crippen LogP contribution in [-0.4, -0.2) is 19.9 Å². The largest absolute Gasteiger partial charge is 0.451 e. The standard InChI is InChI=1S/C20H19N5O/c1-13(2)17-11-24-16(5-4-15-6-8-22-9-7-15)10-18(17)26-19-12-23-14(3)25-20(19)21/h6-13H,1-3H3,(H2,21,23,25). The molecule has 0 atom stereocenters. The third-order valence-corrected chi connectivity index (χ3v) is 3.66. The minimum absolute atomic E-state index is 0.229. The lowest BCUT2D eigenvalue weighted by molar-refractivity contribution is 0.469. The number of hydrogen-bond acceptors (Lipinski definition) is 6. The van der Waals surface area contributed by atoms with Crippen molar-refractivity contribution in [2.24, 2.45) is 0 Å².